The van der Waals surface area contributed by atoms with Crippen LogP contribution in [0.5, 0.6) is 0 Å². The van der Waals surface area contributed by atoms with Crippen molar-refractivity contribution >= 4 is 35.1 Å². The molecule has 1 aromatic carbocycles. The van der Waals surface area contributed by atoms with Gasteiger partial charge in [-0.25, -0.2) is 0 Å². The second-order valence-corrected chi connectivity index (χ2v) is 7.36. The standard InChI is InChI=1S/C22H18N4O2S/c1-16-6-2-3-8-18(16)12-20-21(27)26(15-19-9-5-11-28-19)22(29-20)25-24-14-17-7-4-10-23-13-17/h2-14H,15H2,1H3/b20-12-,24-14+,25-22-. The number of carbonyl (C=O) groups excluding carboxylic acids is 1. The summed E-state index contributed by atoms with van der Waals surface area (Å²) in [5.41, 5.74) is 2.94. The second-order valence-electron chi connectivity index (χ2n) is 6.35. The molecule has 3 heterocycles. The third kappa shape index (κ3) is 4.52. The Balaban J connectivity index is 1.64. The normalized spacial score (nSPS) is 17.1. The summed E-state index contributed by atoms with van der Waals surface area (Å²) in [4.78, 5) is 19.3. The first-order valence-electron chi connectivity index (χ1n) is 9.01. The topological polar surface area (TPSA) is 71.1 Å². The average Bonchev–Trinajstić information content (AvgIpc) is 3.35. The minimum Gasteiger partial charge on any atom is -0.467 e. The van der Waals surface area contributed by atoms with Gasteiger partial charge in [0.05, 0.1) is 23.9 Å². The molecule has 1 fully saturated rings. The van der Waals surface area contributed by atoms with Gasteiger partial charge in [-0.3, -0.25) is 14.7 Å². The highest BCUT2D eigenvalue weighted by Crippen LogP contribution is 2.34. The van der Waals surface area contributed by atoms with Crippen LogP contribution in [0.2, 0.25) is 0 Å². The van der Waals surface area contributed by atoms with Crippen molar-refractivity contribution in [2.75, 3.05) is 0 Å². The van der Waals surface area contributed by atoms with E-state index in [9.17, 15) is 4.79 Å². The minimum atomic E-state index is -0.120. The summed E-state index contributed by atoms with van der Waals surface area (Å²) in [5.74, 6) is 0.560. The first-order valence-corrected chi connectivity index (χ1v) is 9.83. The number of hydrogen-bond donors (Lipinski definition) is 0. The van der Waals surface area contributed by atoms with Gasteiger partial charge in [0.15, 0.2) is 5.17 Å². The van der Waals surface area contributed by atoms with Crippen molar-refractivity contribution in [2.24, 2.45) is 10.2 Å². The zero-order chi connectivity index (χ0) is 20.1. The van der Waals surface area contributed by atoms with Gasteiger partial charge in [-0.15, -0.1) is 5.10 Å². The molecule has 144 valence electrons. The zero-order valence-electron chi connectivity index (χ0n) is 15.7. The van der Waals surface area contributed by atoms with Crippen molar-refractivity contribution in [1.82, 2.24) is 9.88 Å². The number of amides is 1. The molecule has 3 aromatic rings. The molecule has 0 saturated carbocycles. The molecule has 0 atom stereocenters. The Hall–Kier alpha value is -3.45. The molecule has 7 heteroatoms. The Morgan fingerprint density at radius 3 is 2.83 bits per heavy atom. The van der Waals surface area contributed by atoms with Gasteiger partial charge in [-0.05, 0) is 54.1 Å². The number of rotatable bonds is 5. The van der Waals surface area contributed by atoms with E-state index in [1.54, 1.807) is 35.8 Å². The summed E-state index contributed by atoms with van der Waals surface area (Å²) in [7, 11) is 0. The van der Waals surface area contributed by atoms with Gasteiger partial charge in [-0.1, -0.05) is 30.3 Å². The van der Waals surface area contributed by atoms with Gasteiger partial charge in [0.2, 0.25) is 0 Å². The Bertz CT molecular complexity index is 1090. The van der Waals surface area contributed by atoms with E-state index >= 15 is 0 Å². The van der Waals surface area contributed by atoms with Crippen LogP contribution in [0.4, 0.5) is 0 Å². The van der Waals surface area contributed by atoms with Gasteiger partial charge in [0.1, 0.15) is 5.76 Å². The van der Waals surface area contributed by atoms with E-state index in [1.807, 2.05) is 55.5 Å². The van der Waals surface area contributed by atoms with E-state index < -0.39 is 0 Å². The SMILES string of the molecule is Cc1ccccc1/C=C1\S/C(=N\N=C\c2cccnc2)N(Cc2ccco2)C1=O. The van der Waals surface area contributed by atoms with Crippen LogP contribution >= 0.6 is 11.8 Å². The van der Waals surface area contributed by atoms with Crippen LogP contribution in [0.1, 0.15) is 22.5 Å². The Morgan fingerprint density at radius 1 is 1.17 bits per heavy atom. The fourth-order valence-electron chi connectivity index (χ4n) is 2.77. The van der Waals surface area contributed by atoms with E-state index in [2.05, 4.69) is 15.2 Å². The molecule has 0 unspecified atom stereocenters. The van der Waals surface area contributed by atoms with Gasteiger partial charge < -0.3 is 4.42 Å². The number of carbonyl (C=O) groups is 1. The van der Waals surface area contributed by atoms with Crippen LogP contribution < -0.4 is 0 Å². The lowest BCUT2D eigenvalue weighted by molar-refractivity contribution is -0.122. The number of aryl methyl sites for hydroxylation is 1. The van der Waals surface area contributed by atoms with E-state index in [0.29, 0.717) is 22.4 Å². The van der Waals surface area contributed by atoms with E-state index in [1.165, 1.54) is 11.8 Å². The van der Waals surface area contributed by atoms with E-state index in [0.717, 1.165) is 16.7 Å². The smallest absolute Gasteiger partial charge is 0.267 e. The number of thioether (sulfide) groups is 1. The molecule has 6 nitrogen and oxygen atoms in total. The number of amidine groups is 1. The van der Waals surface area contributed by atoms with Gasteiger partial charge in [0, 0.05) is 18.0 Å². The van der Waals surface area contributed by atoms with Crippen LogP contribution in [-0.4, -0.2) is 27.2 Å². The van der Waals surface area contributed by atoms with Crippen molar-refractivity contribution in [1.29, 1.82) is 0 Å². The molecule has 0 aliphatic carbocycles. The van der Waals surface area contributed by atoms with Crippen LogP contribution in [0.15, 0.2) is 86.7 Å². The van der Waals surface area contributed by atoms with E-state index in [-0.39, 0.29) is 5.91 Å². The summed E-state index contributed by atoms with van der Waals surface area (Å²) in [6.07, 6.45) is 8.48. The molecule has 4 rings (SSSR count). The number of nitrogens with zero attached hydrogens (tertiary/aromatic N) is 4. The van der Waals surface area contributed by atoms with Crippen molar-refractivity contribution in [3.05, 3.63) is 94.5 Å². The van der Waals surface area contributed by atoms with Crippen molar-refractivity contribution in [2.45, 2.75) is 13.5 Å². The highest BCUT2D eigenvalue weighted by molar-refractivity contribution is 8.18. The Kier molecular flexibility index (Phi) is 5.67. The molecule has 1 aliphatic heterocycles. The van der Waals surface area contributed by atoms with Gasteiger partial charge in [0.25, 0.3) is 5.91 Å². The number of furan rings is 1. The molecule has 0 radical (unpaired) electrons. The average molecular weight is 402 g/mol. The fourth-order valence-corrected chi connectivity index (χ4v) is 3.69. The summed E-state index contributed by atoms with van der Waals surface area (Å²) in [6.45, 7) is 2.31. The maximum atomic E-state index is 13.0. The van der Waals surface area contributed by atoms with Crippen LogP contribution in [0.3, 0.4) is 0 Å². The Labute approximate surface area is 172 Å². The van der Waals surface area contributed by atoms with Crippen molar-refractivity contribution in [3.63, 3.8) is 0 Å². The quantitative estimate of drug-likeness (QED) is 0.358. The van der Waals surface area contributed by atoms with Gasteiger partial charge in [-0.2, -0.15) is 5.10 Å². The van der Waals surface area contributed by atoms with E-state index in [4.69, 9.17) is 4.42 Å². The number of pyridine rings is 1. The summed E-state index contributed by atoms with van der Waals surface area (Å²) in [5, 5.41) is 8.94. The van der Waals surface area contributed by atoms with Crippen molar-refractivity contribution < 1.29 is 9.21 Å². The highest BCUT2D eigenvalue weighted by Gasteiger charge is 2.34. The van der Waals surface area contributed by atoms with Crippen molar-refractivity contribution in [3.8, 4) is 0 Å². The molecule has 2 aromatic heterocycles. The second kappa shape index (κ2) is 8.70. The molecule has 29 heavy (non-hydrogen) atoms. The predicted octanol–water partition coefficient (Wildman–Crippen LogP) is 4.49. The molecule has 1 amide bonds. The lowest BCUT2D eigenvalue weighted by Crippen LogP contribution is -2.28. The lowest BCUT2D eigenvalue weighted by atomic mass is 10.1. The summed E-state index contributed by atoms with van der Waals surface area (Å²) in [6, 6.07) is 15.3. The largest absolute Gasteiger partial charge is 0.467 e. The summed E-state index contributed by atoms with van der Waals surface area (Å²) < 4.78 is 5.41. The molecule has 1 aliphatic rings. The monoisotopic (exact) mass is 402 g/mol. The van der Waals surface area contributed by atoms with Crippen LogP contribution in [0, 0.1) is 6.92 Å². The fraction of sp³-hybridized carbons (Fsp3) is 0.0909. The molecule has 0 N–H and O–H groups in total. The third-order valence-electron chi connectivity index (χ3n) is 4.29. The Morgan fingerprint density at radius 2 is 2.07 bits per heavy atom. The maximum absolute atomic E-state index is 13.0. The lowest BCUT2D eigenvalue weighted by Gasteiger charge is -2.12. The number of hydrogen-bond acceptors (Lipinski definition) is 6. The maximum Gasteiger partial charge on any atom is 0.267 e. The molecule has 0 bridgehead atoms. The zero-order valence-corrected chi connectivity index (χ0v) is 16.5. The van der Waals surface area contributed by atoms with Crippen LogP contribution in [-0.2, 0) is 11.3 Å². The van der Waals surface area contributed by atoms with Crippen LogP contribution in [0.25, 0.3) is 6.08 Å². The third-order valence-corrected chi connectivity index (χ3v) is 5.29. The number of benzene rings is 1. The minimum absolute atomic E-state index is 0.120. The first-order chi connectivity index (χ1) is 14.2. The summed E-state index contributed by atoms with van der Waals surface area (Å²) >= 11 is 1.30. The molecule has 0 spiro atoms. The molecular weight excluding hydrogens is 384 g/mol. The molecular formula is C22H18N4O2S. The molecule has 1 saturated heterocycles. The predicted molar refractivity (Wildman–Crippen MR) is 115 cm³/mol. The van der Waals surface area contributed by atoms with Gasteiger partial charge >= 0.3 is 0 Å². The first kappa shape index (κ1) is 18.9. The highest BCUT2D eigenvalue weighted by atomic mass is 32.2. The number of aromatic nitrogens is 1.